The molecule has 0 radical (unpaired) electrons. The molecule has 692 valence electrons. The minimum atomic E-state index is -5.20. The molecule has 6 bridgehead atoms. The minimum absolute atomic E-state index is 0.192. The molecule has 9 aliphatic rings. The Hall–Kier alpha value is -5.22. The SMILES string of the molecule is CCSCC1O[C@@H]2O[C@H](CCO)/C(O)=C(/O)[C@@H](O)O[C@@H]3C(CO)O[C@@H](O[C@H](CCSC[C@@H](NC(C)(C)CC)C(=O)NCCC(=O)OCC(=O)Nc4ccn([C@@H]5O[C@H](COP(=O)(O)O)[C@@H](O)C5(F)F)c(=O)n4)/C(O)=C(\O)[C@@H](O)O[C@H](CCO)/C(O)=C(/O)[C@H](O)O[C@@H]4C(CO)O[C@H](O[C@H](CCO)C(O)C(O)[C@H](O)O[C@H]1C(O)C2O)C(O)C4O)C(O)[C@H]3O. The minimum Gasteiger partial charge on any atom is -0.506 e. The van der Waals surface area contributed by atoms with Gasteiger partial charge in [0.2, 0.25) is 31.0 Å². The summed E-state index contributed by atoms with van der Waals surface area (Å²) in [6, 6.07) is -0.353. The summed E-state index contributed by atoms with van der Waals surface area (Å²) in [5, 5.41) is 274. The Balaban J connectivity index is 1.26. The molecule has 10 unspecified atom stereocenters. The van der Waals surface area contributed by atoms with E-state index in [0.717, 1.165) is 29.6 Å². The molecule has 0 saturated carbocycles. The molecule has 49 nitrogen and oxygen atoms in total. The molecule has 29 atom stereocenters. The van der Waals surface area contributed by atoms with Gasteiger partial charge < -0.3 is 205 Å². The van der Waals surface area contributed by atoms with E-state index in [2.05, 4.69) is 25.5 Å². The van der Waals surface area contributed by atoms with E-state index >= 15 is 0 Å². The molecular weight excluding hydrogens is 1700 g/mol. The van der Waals surface area contributed by atoms with Crippen molar-refractivity contribution in [3.05, 3.63) is 57.3 Å². The van der Waals surface area contributed by atoms with Gasteiger partial charge in [0.15, 0.2) is 72.4 Å². The van der Waals surface area contributed by atoms with Crippen LogP contribution in [0.15, 0.2) is 51.6 Å². The summed E-state index contributed by atoms with van der Waals surface area (Å²) in [4.78, 5) is 73.6. The third-order valence-electron chi connectivity index (χ3n) is 19.2. The van der Waals surface area contributed by atoms with E-state index in [0.29, 0.717) is 18.4 Å². The summed E-state index contributed by atoms with van der Waals surface area (Å²) < 4.78 is 111. The quantitative estimate of drug-likeness (QED) is 0.0193. The van der Waals surface area contributed by atoms with Gasteiger partial charge in [-0.15, -0.1) is 0 Å². The zero-order chi connectivity index (χ0) is 89.7. The van der Waals surface area contributed by atoms with E-state index < -0.39 is 346 Å². The second kappa shape index (κ2) is 47.4. The van der Waals surface area contributed by atoms with E-state index in [1.807, 2.05) is 0 Å². The molecular formula is C66H108F2N5O44PS2. The second-order valence-electron chi connectivity index (χ2n) is 28.2. The number of fused-ring (bicyclic) bond motifs is 1. The van der Waals surface area contributed by atoms with Crippen LogP contribution in [0.3, 0.4) is 0 Å². The Morgan fingerprint density at radius 2 is 1.07 bits per heavy atom. The number of thioether (sulfide) groups is 2. The van der Waals surface area contributed by atoms with Crippen molar-refractivity contribution < 1.29 is 221 Å². The predicted octanol–water partition coefficient (Wildman–Crippen LogP) is -8.58. The Kier molecular flexibility index (Phi) is 40.9. The monoisotopic (exact) mass is 1810 g/mol. The van der Waals surface area contributed by atoms with Crippen molar-refractivity contribution in [1.29, 1.82) is 0 Å². The van der Waals surface area contributed by atoms with Crippen LogP contribution >= 0.6 is 31.3 Å². The van der Waals surface area contributed by atoms with Gasteiger partial charge in [-0.25, -0.2) is 9.36 Å². The number of carbonyl (C=O) groups excluding carboxylic acids is 3. The molecule has 29 N–H and O–H groups in total. The standard InChI is InChI=1S/C66H108F2N5O44PS2/c1-5-65(3,4)72-25(55(96)69-13-7-36(80)105-22-35(79)70-34-8-14-73(64(101)71-34)63-66(67,68)54(95)32(114-63)21-106-118(102,103)104)23-120-18-12-29-40(84)44(88)56(97)107-26(9-15-74)37(81)45(89)57(98)115-51-30(19-77)111-60(48(92)41(51)85)108-27(10-16-75)38(82)47(91)59(100)117-53-33(24-119-6-2)113-62(50(94)43(53)87)109-28(11-17-76)39(83)46(90)58(99)116-52-31(20-78)112-61(110-29)49(93)42(52)86/h8,14,25-33,38,41-43,47-54,56-63,72,74-78,81-95,97-100H,5-7,9-13,15-24H2,1-4H3,(H,69,96)(H2,102,103,104)(H,70,71,79,101)/b44-40+,45-37-,46-39-/t25-,26-,27-,28-,29-,30?,31?,32-,33?,38?,41?,42-,43?,47?,48?,49?,50?,51-,52-,53-,54-,56+,57-,58+,59-,60+,61-,62+,63-/m1/s1. The average Bonchev–Trinajstić information content (AvgIpc) is 1.59. The van der Waals surface area contributed by atoms with E-state index in [1.165, 1.54) is 0 Å². The number of hydrogen-bond acceptors (Lipinski definition) is 46. The van der Waals surface area contributed by atoms with Gasteiger partial charge in [0.25, 0.3) is 5.91 Å². The molecule has 9 aliphatic heterocycles. The van der Waals surface area contributed by atoms with Crippen LogP contribution in [0.5, 0.6) is 0 Å². The van der Waals surface area contributed by atoms with Crippen molar-refractivity contribution in [3.63, 3.8) is 0 Å². The van der Waals surface area contributed by atoms with Crippen LogP contribution in [0.25, 0.3) is 0 Å². The second-order valence-corrected chi connectivity index (χ2v) is 31.9. The van der Waals surface area contributed by atoms with E-state index in [-0.39, 0.29) is 21.8 Å². The van der Waals surface area contributed by atoms with Crippen LogP contribution in [-0.2, 0) is 80.3 Å². The summed E-state index contributed by atoms with van der Waals surface area (Å²) >= 11 is 2.00. The molecule has 0 aliphatic carbocycles. The number of esters is 1. The number of anilines is 1. The number of hydrogen-bond donors (Lipinski definition) is 29. The van der Waals surface area contributed by atoms with Crippen molar-refractivity contribution in [3.8, 4) is 0 Å². The van der Waals surface area contributed by atoms with Crippen molar-refractivity contribution in [2.45, 2.75) is 256 Å². The molecule has 1 aromatic heterocycles. The average molecular weight is 1810 g/mol. The van der Waals surface area contributed by atoms with Crippen molar-refractivity contribution in [1.82, 2.24) is 20.2 Å². The highest BCUT2D eigenvalue weighted by Gasteiger charge is 2.61. The van der Waals surface area contributed by atoms with Crippen LogP contribution in [0.4, 0.5) is 14.6 Å². The first-order valence-electron chi connectivity index (χ1n) is 37.1. The number of aliphatic hydroxyl groups is 24. The predicted molar refractivity (Wildman–Crippen MR) is 393 cm³/mol. The maximum Gasteiger partial charge on any atom is 0.469 e. The lowest BCUT2D eigenvalue weighted by Crippen LogP contribution is -2.63. The maximum absolute atomic E-state index is 15.0. The van der Waals surface area contributed by atoms with Crippen LogP contribution in [0.1, 0.15) is 72.4 Å². The highest BCUT2D eigenvalue weighted by Crippen LogP contribution is 2.45. The van der Waals surface area contributed by atoms with Crippen LogP contribution in [-0.4, -0.2) is 419 Å². The molecule has 0 spiro atoms. The zero-order valence-electron chi connectivity index (χ0n) is 64.5. The number of phosphoric acid groups is 1. The molecule has 10 rings (SSSR count). The largest absolute Gasteiger partial charge is 0.506 e. The van der Waals surface area contributed by atoms with E-state index in [4.69, 9.17) is 66.6 Å². The fraction of sp³-hybridized carbons (Fsp3) is 0.803. The van der Waals surface area contributed by atoms with Crippen LogP contribution < -0.4 is 21.6 Å². The number of aliphatic hydroxyl groups excluding tert-OH is 24. The molecule has 120 heavy (non-hydrogen) atoms. The molecule has 4 saturated heterocycles. The smallest absolute Gasteiger partial charge is 0.469 e. The van der Waals surface area contributed by atoms with Crippen molar-refractivity contribution in [2.24, 2.45) is 0 Å². The van der Waals surface area contributed by atoms with Crippen molar-refractivity contribution in [2.75, 3.05) is 81.1 Å². The Bertz CT molecular complexity index is 3600. The fourth-order valence-electron chi connectivity index (χ4n) is 12.2. The topological polar surface area (TPSA) is 785 Å². The van der Waals surface area contributed by atoms with Gasteiger partial charge in [0.05, 0.1) is 44.5 Å². The van der Waals surface area contributed by atoms with Gasteiger partial charge in [-0.05, 0) is 50.7 Å². The number of carbonyl (C=O) groups is 3. The summed E-state index contributed by atoms with van der Waals surface area (Å²) in [7, 11) is -5.20. The third kappa shape index (κ3) is 27.9. The lowest BCUT2D eigenvalue weighted by molar-refractivity contribution is -0.344. The van der Waals surface area contributed by atoms with Gasteiger partial charge in [0.1, 0.15) is 110 Å². The van der Waals surface area contributed by atoms with Gasteiger partial charge in [-0.3, -0.25) is 23.5 Å². The number of alkyl halides is 2. The number of ether oxygens (including phenoxy) is 12. The summed E-state index contributed by atoms with van der Waals surface area (Å²) in [6.45, 7) is -1.12. The fourth-order valence-corrected chi connectivity index (χ4v) is 14.3. The zero-order valence-corrected chi connectivity index (χ0v) is 67.0. The number of phosphoric ester groups is 1. The van der Waals surface area contributed by atoms with E-state index in [9.17, 15) is 155 Å². The van der Waals surface area contributed by atoms with Crippen molar-refractivity contribution >= 4 is 54.9 Å². The lowest BCUT2D eigenvalue weighted by atomic mass is 9.98. The van der Waals surface area contributed by atoms with Gasteiger partial charge >= 0.3 is 25.4 Å². The van der Waals surface area contributed by atoms with Gasteiger partial charge in [-0.2, -0.15) is 37.3 Å². The number of rotatable bonds is 30. The highest BCUT2D eigenvalue weighted by molar-refractivity contribution is 7.99. The van der Waals surface area contributed by atoms with Crippen LogP contribution in [0, 0.1) is 0 Å². The molecule has 1 aromatic rings. The molecule has 54 heteroatoms. The first kappa shape index (κ1) is 104. The summed E-state index contributed by atoms with van der Waals surface area (Å²) in [5.74, 6) is -17.4. The number of aromatic nitrogens is 2. The van der Waals surface area contributed by atoms with E-state index in [1.54, 1.807) is 27.7 Å². The summed E-state index contributed by atoms with van der Waals surface area (Å²) in [5.41, 5.74) is -2.29. The molecule has 10 heterocycles. The Labute approximate surface area is 688 Å². The molecule has 4 fully saturated rings. The lowest BCUT2D eigenvalue weighted by Gasteiger charge is -2.45. The molecule has 0 aromatic carbocycles. The normalized spacial score (nSPS) is 37.4. The number of halogens is 2. The Morgan fingerprint density at radius 3 is 1.55 bits per heavy atom. The maximum atomic E-state index is 15.0. The van der Waals surface area contributed by atoms with Gasteiger partial charge in [0, 0.05) is 62.4 Å². The van der Waals surface area contributed by atoms with Crippen LogP contribution in [0.2, 0.25) is 0 Å². The summed E-state index contributed by atoms with van der Waals surface area (Å²) in [6.07, 6.45) is -66.7. The number of amides is 2. The number of nitrogens with zero attached hydrogens (tertiary/aromatic N) is 2. The van der Waals surface area contributed by atoms with Gasteiger partial charge in [-0.1, -0.05) is 13.8 Å². The first-order valence-corrected chi connectivity index (χ1v) is 41.0. The first-order chi connectivity index (χ1) is 56.3. The number of nitrogens with one attached hydrogen (secondary N) is 3. The highest BCUT2D eigenvalue weighted by atomic mass is 32.2. The Morgan fingerprint density at radius 1 is 0.592 bits per heavy atom. The molecule has 2 amide bonds. The third-order valence-corrected chi connectivity index (χ3v) is 21.7.